The van der Waals surface area contributed by atoms with Gasteiger partial charge in [-0.3, -0.25) is 4.79 Å². The summed E-state index contributed by atoms with van der Waals surface area (Å²) in [6.07, 6.45) is 0.703. The molecule has 2 aromatic carbocycles. The van der Waals surface area contributed by atoms with E-state index >= 15 is 0 Å². The van der Waals surface area contributed by atoms with Crippen LogP contribution < -0.4 is 10.1 Å². The molecule has 4 heteroatoms. The van der Waals surface area contributed by atoms with Gasteiger partial charge in [-0.15, -0.1) is 0 Å². The van der Waals surface area contributed by atoms with Crippen LogP contribution in [0.15, 0.2) is 34.8 Å². The Balaban J connectivity index is 2.46. The summed E-state index contributed by atoms with van der Waals surface area (Å²) in [6.45, 7) is 0.545. The van der Waals surface area contributed by atoms with Crippen LogP contribution in [0.4, 0.5) is 0 Å². The van der Waals surface area contributed by atoms with Gasteiger partial charge in [-0.2, -0.15) is 0 Å². The van der Waals surface area contributed by atoms with E-state index in [9.17, 15) is 4.79 Å². The Hall–Kier alpha value is -1.55. The van der Waals surface area contributed by atoms with Crippen LogP contribution in [0, 0.1) is 0 Å². The Bertz CT molecular complexity index is 554. The highest BCUT2D eigenvalue weighted by molar-refractivity contribution is 9.10. The number of hydrogen-bond acceptors (Lipinski definition) is 2. The molecule has 88 valence electrons. The molecule has 1 amide bonds. The molecule has 0 saturated carbocycles. The van der Waals surface area contributed by atoms with Gasteiger partial charge in [0.1, 0.15) is 5.75 Å². The first-order valence-electron chi connectivity index (χ1n) is 5.18. The predicted molar refractivity (Wildman–Crippen MR) is 71.1 cm³/mol. The molecule has 0 aromatic heterocycles. The van der Waals surface area contributed by atoms with Crippen molar-refractivity contribution in [3.05, 3.63) is 40.4 Å². The minimum Gasteiger partial charge on any atom is -0.496 e. The number of methoxy groups -OCH3 is 1. The smallest absolute Gasteiger partial charge is 0.207 e. The standard InChI is InChI=1S/C13H12BrNO2/c1-17-12-5-3-10-6-9(7-15-8-16)2-4-11(10)13(12)14/h2-6,8H,7H2,1H3,(H,15,16). The maximum Gasteiger partial charge on any atom is 0.207 e. The fourth-order valence-electron chi connectivity index (χ4n) is 1.75. The number of nitrogens with one attached hydrogen (secondary N) is 1. The summed E-state index contributed by atoms with van der Waals surface area (Å²) >= 11 is 3.52. The summed E-state index contributed by atoms with van der Waals surface area (Å²) in [6, 6.07) is 9.98. The van der Waals surface area contributed by atoms with Gasteiger partial charge in [0.25, 0.3) is 0 Å². The van der Waals surface area contributed by atoms with E-state index in [2.05, 4.69) is 27.3 Å². The summed E-state index contributed by atoms with van der Waals surface area (Å²) in [5, 5.41) is 4.86. The number of carbonyl (C=O) groups is 1. The number of amides is 1. The largest absolute Gasteiger partial charge is 0.496 e. The molecule has 0 aliphatic rings. The normalized spacial score (nSPS) is 10.2. The minimum atomic E-state index is 0.545. The lowest BCUT2D eigenvalue weighted by Gasteiger charge is -2.08. The zero-order valence-corrected chi connectivity index (χ0v) is 11.0. The summed E-state index contributed by atoms with van der Waals surface area (Å²) in [5.41, 5.74) is 1.07. The van der Waals surface area contributed by atoms with Crippen LogP contribution in [0.3, 0.4) is 0 Å². The van der Waals surface area contributed by atoms with Crippen molar-refractivity contribution in [1.82, 2.24) is 5.32 Å². The van der Waals surface area contributed by atoms with Gasteiger partial charge in [-0.05, 0) is 44.4 Å². The van der Waals surface area contributed by atoms with E-state index in [0.717, 1.165) is 26.6 Å². The van der Waals surface area contributed by atoms with Crippen molar-refractivity contribution in [2.45, 2.75) is 6.54 Å². The SMILES string of the molecule is COc1ccc2cc(CNC=O)ccc2c1Br. The molecular weight excluding hydrogens is 282 g/mol. The number of carbonyl (C=O) groups excluding carboxylic acids is 1. The number of benzene rings is 2. The Labute approximate surface area is 108 Å². The number of rotatable bonds is 4. The number of hydrogen-bond donors (Lipinski definition) is 1. The number of halogens is 1. The van der Waals surface area contributed by atoms with E-state index < -0.39 is 0 Å². The lowest BCUT2D eigenvalue weighted by Crippen LogP contribution is -2.09. The van der Waals surface area contributed by atoms with E-state index in [1.54, 1.807) is 7.11 Å². The monoisotopic (exact) mass is 293 g/mol. The Morgan fingerprint density at radius 2 is 2.18 bits per heavy atom. The molecule has 0 aliphatic carbocycles. The fraction of sp³-hybridized carbons (Fsp3) is 0.154. The van der Waals surface area contributed by atoms with Gasteiger partial charge in [0, 0.05) is 6.54 Å². The van der Waals surface area contributed by atoms with Crippen molar-refractivity contribution in [3.8, 4) is 5.75 Å². The third-order valence-corrected chi connectivity index (χ3v) is 3.41. The summed E-state index contributed by atoms with van der Waals surface area (Å²) in [5.74, 6) is 0.816. The third kappa shape index (κ3) is 2.42. The second-order valence-electron chi connectivity index (χ2n) is 3.64. The zero-order valence-electron chi connectivity index (χ0n) is 9.37. The summed E-state index contributed by atoms with van der Waals surface area (Å²) in [7, 11) is 1.65. The third-order valence-electron chi connectivity index (χ3n) is 2.59. The van der Waals surface area contributed by atoms with Gasteiger partial charge >= 0.3 is 0 Å². The van der Waals surface area contributed by atoms with Gasteiger partial charge in [0.2, 0.25) is 6.41 Å². The van der Waals surface area contributed by atoms with Crippen LogP contribution in [-0.4, -0.2) is 13.5 Å². The predicted octanol–water partition coefficient (Wildman–Crippen LogP) is 2.86. The Morgan fingerprint density at radius 3 is 2.88 bits per heavy atom. The maximum absolute atomic E-state index is 10.2. The lowest BCUT2D eigenvalue weighted by atomic mass is 10.1. The van der Waals surface area contributed by atoms with Gasteiger partial charge in [-0.1, -0.05) is 18.2 Å². The summed E-state index contributed by atoms with van der Waals surface area (Å²) in [4.78, 5) is 10.2. The molecule has 0 bridgehead atoms. The number of fused-ring (bicyclic) bond motifs is 1. The van der Waals surface area contributed by atoms with E-state index in [1.807, 2.05) is 24.3 Å². The molecule has 17 heavy (non-hydrogen) atoms. The van der Waals surface area contributed by atoms with Crippen molar-refractivity contribution in [2.75, 3.05) is 7.11 Å². The molecule has 0 atom stereocenters. The van der Waals surface area contributed by atoms with Crippen molar-refractivity contribution in [1.29, 1.82) is 0 Å². The highest BCUT2D eigenvalue weighted by Gasteiger charge is 2.05. The molecule has 0 spiro atoms. The first-order valence-corrected chi connectivity index (χ1v) is 5.97. The first kappa shape index (κ1) is 11.9. The van der Waals surface area contributed by atoms with Crippen molar-refractivity contribution in [2.24, 2.45) is 0 Å². The Kier molecular flexibility index (Phi) is 3.64. The molecule has 0 fully saturated rings. The van der Waals surface area contributed by atoms with E-state index in [1.165, 1.54) is 0 Å². The highest BCUT2D eigenvalue weighted by Crippen LogP contribution is 2.33. The fourth-order valence-corrected chi connectivity index (χ4v) is 2.40. The topological polar surface area (TPSA) is 38.3 Å². The van der Waals surface area contributed by atoms with Gasteiger partial charge < -0.3 is 10.1 Å². The van der Waals surface area contributed by atoms with Gasteiger partial charge in [0.15, 0.2) is 0 Å². The van der Waals surface area contributed by atoms with Crippen molar-refractivity contribution < 1.29 is 9.53 Å². The van der Waals surface area contributed by atoms with Crippen molar-refractivity contribution >= 4 is 33.1 Å². The molecule has 0 unspecified atom stereocenters. The van der Waals surface area contributed by atoms with Crippen LogP contribution in [-0.2, 0) is 11.3 Å². The van der Waals surface area contributed by atoms with E-state index in [-0.39, 0.29) is 0 Å². The molecule has 1 N–H and O–H groups in total. The van der Waals surface area contributed by atoms with Crippen LogP contribution in [0.25, 0.3) is 10.8 Å². The second kappa shape index (κ2) is 5.19. The summed E-state index contributed by atoms with van der Waals surface area (Å²) < 4.78 is 6.19. The van der Waals surface area contributed by atoms with Gasteiger partial charge in [-0.25, -0.2) is 0 Å². The quantitative estimate of drug-likeness (QED) is 0.881. The van der Waals surface area contributed by atoms with E-state index in [0.29, 0.717) is 13.0 Å². The average molecular weight is 294 g/mol. The number of ether oxygens (including phenoxy) is 1. The van der Waals surface area contributed by atoms with Crippen molar-refractivity contribution in [3.63, 3.8) is 0 Å². The molecule has 0 aliphatic heterocycles. The molecule has 2 aromatic rings. The molecule has 3 nitrogen and oxygen atoms in total. The molecular formula is C13H12BrNO2. The minimum absolute atomic E-state index is 0.545. The van der Waals surface area contributed by atoms with Crippen LogP contribution in [0.5, 0.6) is 5.75 Å². The Morgan fingerprint density at radius 1 is 1.35 bits per heavy atom. The zero-order chi connectivity index (χ0) is 12.3. The van der Waals surface area contributed by atoms with Crippen LogP contribution in [0.1, 0.15) is 5.56 Å². The molecule has 0 heterocycles. The lowest BCUT2D eigenvalue weighted by molar-refractivity contribution is -0.109. The first-order chi connectivity index (χ1) is 8.26. The molecule has 0 saturated heterocycles. The van der Waals surface area contributed by atoms with Crippen LogP contribution in [0.2, 0.25) is 0 Å². The highest BCUT2D eigenvalue weighted by atomic mass is 79.9. The molecule has 2 rings (SSSR count). The van der Waals surface area contributed by atoms with E-state index in [4.69, 9.17) is 4.74 Å². The second-order valence-corrected chi connectivity index (χ2v) is 4.43. The molecule has 0 radical (unpaired) electrons. The maximum atomic E-state index is 10.2. The van der Waals surface area contributed by atoms with Gasteiger partial charge in [0.05, 0.1) is 11.6 Å². The average Bonchev–Trinajstić information content (AvgIpc) is 2.37. The van der Waals surface area contributed by atoms with Crippen LogP contribution >= 0.6 is 15.9 Å².